The molecule has 2 N–H and O–H groups in total. The van der Waals surface area contributed by atoms with Gasteiger partial charge in [-0.3, -0.25) is 4.79 Å². The van der Waals surface area contributed by atoms with Crippen LogP contribution in [0.4, 0.5) is 0 Å². The highest BCUT2D eigenvalue weighted by Crippen LogP contribution is 2.15. The zero-order chi connectivity index (χ0) is 13.5. The van der Waals surface area contributed by atoms with Crippen molar-refractivity contribution in [3.05, 3.63) is 34.3 Å². The van der Waals surface area contributed by atoms with Gasteiger partial charge in [0.1, 0.15) is 6.61 Å². The summed E-state index contributed by atoms with van der Waals surface area (Å²) in [5.41, 5.74) is 1.32. The summed E-state index contributed by atoms with van der Waals surface area (Å²) in [5, 5.41) is 11.5. The monoisotopic (exact) mass is 271 g/mol. The molecule has 1 amide bonds. The minimum absolute atomic E-state index is 0.150. The van der Waals surface area contributed by atoms with Crippen LogP contribution in [0.3, 0.4) is 0 Å². The number of aryl methyl sites for hydroxylation is 1. The lowest BCUT2D eigenvalue weighted by Gasteiger charge is -2.08. The van der Waals surface area contributed by atoms with Gasteiger partial charge in [-0.2, -0.15) is 0 Å². The van der Waals surface area contributed by atoms with E-state index in [1.165, 1.54) is 0 Å². The highest BCUT2D eigenvalue weighted by molar-refractivity contribution is 6.31. The molecule has 0 spiro atoms. The van der Waals surface area contributed by atoms with Crippen molar-refractivity contribution >= 4 is 23.5 Å². The fraction of sp³-hybridized carbons (Fsp3) is 0.333. The lowest BCUT2D eigenvalue weighted by atomic mass is 10.1. The van der Waals surface area contributed by atoms with Gasteiger partial charge in [0.15, 0.2) is 0 Å². The highest BCUT2D eigenvalue weighted by Gasteiger charge is 2.08. The molecule has 0 fully saturated rings. The second-order valence-electron chi connectivity index (χ2n) is 3.66. The summed E-state index contributed by atoms with van der Waals surface area (Å²) in [6, 6.07) is 5.06. The SMILES string of the molecule is Cc1ccc(Cl)cc1C(=O)NCCOCC(=O)O. The number of hydrogen-bond acceptors (Lipinski definition) is 3. The van der Waals surface area contributed by atoms with Gasteiger partial charge < -0.3 is 15.2 Å². The third-order valence-corrected chi connectivity index (χ3v) is 2.44. The summed E-state index contributed by atoms with van der Waals surface area (Å²) < 4.78 is 4.79. The standard InChI is InChI=1S/C12H14ClNO4/c1-8-2-3-9(13)6-10(8)12(17)14-4-5-18-7-11(15)16/h2-3,6H,4-5,7H2,1H3,(H,14,17)(H,15,16). The van der Waals surface area contributed by atoms with Crippen molar-refractivity contribution in [1.82, 2.24) is 5.32 Å². The summed E-state index contributed by atoms with van der Waals surface area (Å²) in [4.78, 5) is 21.9. The summed E-state index contributed by atoms with van der Waals surface area (Å²) >= 11 is 5.81. The van der Waals surface area contributed by atoms with E-state index in [0.717, 1.165) is 5.56 Å². The quantitative estimate of drug-likeness (QED) is 0.769. The highest BCUT2D eigenvalue weighted by atomic mass is 35.5. The second kappa shape index (κ2) is 6.98. The van der Waals surface area contributed by atoms with Crippen molar-refractivity contribution in [2.24, 2.45) is 0 Å². The van der Waals surface area contributed by atoms with E-state index in [9.17, 15) is 9.59 Å². The van der Waals surface area contributed by atoms with E-state index in [1.54, 1.807) is 18.2 Å². The molecule has 18 heavy (non-hydrogen) atoms. The summed E-state index contributed by atoms with van der Waals surface area (Å²) in [5.74, 6) is -1.29. The predicted molar refractivity (Wildman–Crippen MR) is 67.0 cm³/mol. The Morgan fingerprint density at radius 2 is 2.17 bits per heavy atom. The number of ether oxygens (including phenoxy) is 1. The molecule has 0 aliphatic rings. The number of carboxylic acid groups (broad SMARTS) is 1. The Kier molecular flexibility index (Phi) is 5.61. The summed E-state index contributed by atoms with van der Waals surface area (Å²) in [6.07, 6.45) is 0. The molecule has 0 atom stereocenters. The number of amides is 1. The average molecular weight is 272 g/mol. The average Bonchev–Trinajstić information content (AvgIpc) is 2.31. The molecule has 1 aromatic rings. The van der Waals surface area contributed by atoms with E-state index >= 15 is 0 Å². The Morgan fingerprint density at radius 1 is 1.44 bits per heavy atom. The van der Waals surface area contributed by atoms with Crippen LogP contribution in [0.15, 0.2) is 18.2 Å². The number of benzene rings is 1. The van der Waals surface area contributed by atoms with Gasteiger partial charge >= 0.3 is 5.97 Å². The number of halogens is 1. The lowest BCUT2D eigenvalue weighted by Crippen LogP contribution is -2.28. The first-order valence-electron chi connectivity index (χ1n) is 5.34. The number of rotatable bonds is 6. The maximum Gasteiger partial charge on any atom is 0.329 e. The Morgan fingerprint density at radius 3 is 2.83 bits per heavy atom. The smallest absolute Gasteiger partial charge is 0.329 e. The Hall–Kier alpha value is -1.59. The van der Waals surface area contributed by atoms with Crippen LogP contribution < -0.4 is 5.32 Å². The van der Waals surface area contributed by atoms with Gasteiger partial charge in [-0.15, -0.1) is 0 Å². The van der Waals surface area contributed by atoms with E-state index in [0.29, 0.717) is 10.6 Å². The maximum atomic E-state index is 11.8. The van der Waals surface area contributed by atoms with Crippen molar-refractivity contribution in [2.45, 2.75) is 6.92 Å². The molecular formula is C12H14ClNO4. The lowest BCUT2D eigenvalue weighted by molar-refractivity contribution is -0.142. The van der Waals surface area contributed by atoms with Gasteiger partial charge in [0.05, 0.1) is 6.61 Å². The van der Waals surface area contributed by atoms with E-state index in [1.807, 2.05) is 6.92 Å². The van der Waals surface area contributed by atoms with Crippen molar-refractivity contribution < 1.29 is 19.4 Å². The number of carbonyl (C=O) groups excluding carboxylic acids is 1. The molecule has 1 rings (SSSR count). The van der Waals surface area contributed by atoms with Gasteiger partial charge in [0.25, 0.3) is 5.91 Å². The third-order valence-electron chi connectivity index (χ3n) is 2.20. The zero-order valence-corrected chi connectivity index (χ0v) is 10.7. The normalized spacial score (nSPS) is 10.1. The van der Waals surface area contributed by atoms with Gasteiger partial charge in [-0.05, 0) is 24.6 Å². The van der Waals surface area contributed by atoms with Gasteiger partial charge in [0, 0.05) is 17.1 Å². The van der Waals surface area contributed by atoms with Crippen LogP contribution in [-0.2, 0) is 9.53 Å². The first-order valence-corrected chi connectivity index (χ1v) is 5.72. The topological polar surface area (TPSA) is 75.6 Å². The zero-order valence-electron chi connectivity index (χ0n) is 9.90. The molecule has 0 unspecified atom stereocenters. The number of nitrogens with one attached hydrogen (secondary N) is 1. The molecule has 1 aromatic carbocycles. The Labute approximate surface area is 110 Å². The molecule has 0 heterocycles. The Balaban J connectivity index is 2.41. The Bertz CT molecular complexity index is 448. The molecule has 0 bridgehead atoms. The minimum Gasteiger partial charge on any atom is -0.480 e. The van der Waals surface area contributed by atoms with E-state index in [2.05, 4.69) is 5.32 Å². The van der Waals surface area contributed by atoms with Gasteiger partial charge in [-0.1, -0.05) is 17.7 Å². The van der Waals surface area contributed by atoms with Crippen LogP contribution in [0.1, 0.15) is 15.9 Å². The van der Waals surface area contributed by atoms with Crippen molar-refractivity contribution in [3.8, 4) is 0 Å². The van der Waals surface area contributed by atoms with Crippen molar-refractivity contribution in [2.75, 3.05) is 19.8 Å². The van der Waals surface area contributed by atoms with Crippen LogP contribution in [0, 0.1) is 6.92 Å². The minimum atomic E-state index is -1.04. The maximum absolute atomic E-state index is 11.8. The molecule has 0 aromatic heterocycles. The second-order valence-corrected chi connectivity index (χ2v) is 4.10. The summed E-state index contributed by atoms with van der Waals surface area (Å²) in [7, 11) is 0. The molecule has 5 nitrogen and oxygen atoms in total. The third kappa shape index (κ3) is 4.73. The molecule has 0 radical (unpaired) electrons. The van der Waals surface area contributed by atoms with Crippen LogP contribution in [0.25, 0.3) is 0 Å². The molecular weight excluding hydrogens is 258 g/mol. The number of carbonyl (C=O) groups is 2. The van der Waals surface area contributed by atoms with Crippen LogP contribution >= 0.6 is 11.6 Å². The largest absolute Gasteiger partial charge is 0.480 e. The number of hydrogen-bond donors (Lipinski definition) is 2. The molecule has 0 saturated heterocycles. The molecule has 0 saturated carbocycles. The number of aliphatic carboxylic acids is 1. The van der Waals surface area contributed by atoms with E-state index < -0.39 is 5.97 Å². The molecule has 0 aliphatic carbocycles. The predicted octanol–water partition coefficient (Wildman–Crippen LogP) is 1.48. The first kappa shape index (κ1) is 14.5. The van der Waals surface area contributed by atoms with Crippen LogP contribution in [0.2, 0.25) is 5.02 Å². The van der Waals surface area contributed by atoms with E-state index in [-0.39, 0.29) is 25.7 Å². The number of carboxylic acids is 1. The molecule has 98 valence electrons. The van der Waals surface area contributed by atoms with E-state index in [4.69, 9.17) is 21.4 Å². The molecule has 0 aliphatic heterocycles. The van der Waals surface area contributed by atoms with Crippen molar-refractivity contribution in [1.29, 1.82) is 0 Å². The van der Waals surface area contributed by atoms with Gasteiger partial charge in [-0.25, -0.2) is 4.79 Å². The first-order chi connectivity index (χ1) is 8.50. The summed E-state index contributed by atoms with van der Waals surface area (Å²) in [6.45, 7) is 1.84. The van der Waals surface area contributed by atoms with Gasteiger partial charge in [0.2, 0.25) is 0 Å². The fourth-order valence-electron chi connectivity index (χ4n) is 1.33. The fourth-order valence-corrected chi connectivity index (χ4v) is 1.50. The van der Waals surface area contributed by atoms with Crippen molar-refractivity contribution in [3.63, 3.8) is 0 Å². The van der Waals surface area contributed by atoms with Crippen LogP contribution in [0.5, 0.6) is 0 Å². The van der Waals surface area contributed by atoms with Crippen LogP contribution in [-0.4, -0.2) is 36.7 Å². The molecule has 6 heteroatoms.